The van der Waals surface area contributed by atoms with Crippen LogP contribution >= 0.6 is 0 Å². The summed E-state index contributed by atoms with van der Waals surface area (Å²) in [6.45, 7) is 7.27. The highest BCUT2D eigenvalue weighted by atomic mass is 16.5. The van der Waals surface area contributed by atoms with Crippen LogP contribution in [0.25, 0.3) is 16.8 Å². The van der Waals surface area contributed by atoms with Crippen molar-refractivity contribution in [2.45, 2.75) is 13.8 Å². The second-order valence-electron chi connectivity index (χ2n) is 5.02. The number of esters is 2. The van der Waals surface area contributed by atoms with Crippen LogP contribution in [0.1, 0.15) is 19.4 Å². The van der Waals surface area contributed by atoms with Crippen LogP contribution in [0.4, 0.5) is 0 Å². The molecule has 0 saturated carbocycles. The van der Waals surface area contributed by atoms with Crippen LogP contribution in [-0.2, 0) is 14.3 Å². The highest BCUT2D eigenvalue weighted by molar-refractivity contribution is 5.92. The van der Waals surface area contributed by atoms with Gasteiger partial charge in [-0.3, -0.25) is 0 Å². The maximum atomic E-state index is 11.5. The molecule has 0 fully saturated rings. The van der Waals surface area contributed by atoms with E-state index < -0.39 is 5.97 Å². The van der Waals surface area contributed by atoms with E-state index in [-0.39, 0.29) is 5.97 Å². The minimum Gasteiger partial charge on any atom is -0.463 e. The lowest BCUT2D eigenvalue weighted by molar-refractivity contribution is -0.137. The molecule has 0 N–H and O–H groups in total. The number of benzene rings is 2. The van der Waals surface area contributed by atoms with E-state index >= 15 is 0 Å². The summed E-state index contributed by atoms with van der Waals surface area (Å²) < 4.78 is 10.0. The van der Waals surface area contributed by atoms with Gasteiger partial charge >= 0.3 is 11.9 Å². The minimum absolute atomic E-state index is 0.351. The molecule has 2 aromatic rings. The Kier molecular flexibility index (Phi) is 5.31. The minimum atomic E-state index is -0.446. The van der Waals surface area contributed by atoms with Gasteiger partial charge in [-0.15, -0.1) is 0 Å². The summed E-state index contributed by atoms with van der Waals surface area (Å²) in [7, 11) is 0. The molecule has 2 aromatic carbocycles. The van der Waals surface area contributed by atoms with Gasteiger partial charge in [0, 0.05) is 11.6 Å². The van der Waals surface area contributed by atoms with Gasteiger partial charge in [0.05, 0.1) is 6.61 Å². The summed E-state index contributed by atoms with van der Waals surface area (Å²) in [5.74, 6) is -0.340. The first kappa shape index (κ1) is 16.5. The molecule has 0 radical (unpaired) electrons. The quantitative estimate of drug-likeness (QED) is 0.477. The fourth-order valence-electron chi connectivity index (χ4n) is 1.96. The molecule has 0 aliphatic heterocycles. The molecule has 4 nitrogen and oxygen atoms in total. The smallest absolute Gasteiger partial charge is 0.338 e. The largest absolute Gasteiger partial charge is 0.463 e. The molecule has 0 aromatic heterocycles. The molecule has 0 bridgehead atoms. The molecule has 118 valence electrons. The standard InChI is InChI=1S/C19H18O4/c1-4-22-18(20)10-6-14-5-7-16-12-17(9-8-15(16)11-14)23-19(21)13(2)3/h5-12H,2,4H2,1,3H3/b10-6+. The van der Waals surface area contributed by atoms with Crippen molar-refractivity contribution in [2.24, 2.45) is 0 Å². The Bertz CT molecular complexity index is 787. The molecule has 0 aliphatic rings. The van der Waals surface area contributed by atoms with Crippen LogP contribution in [0, 0.1) is 0 Å². The SMILES string of the molecule is C=C(C)C(=O)Oc1ccc2cc(/C=C/C(=O)OCC)ccc2c1. The first-order chi connectivity index (χ1) is 11.0. The van der Waals surface area contributed by atoms with Crippen LogP contribution in [0.5, 0.6) is 5.75 Å². The zero-order valence-electron chi connectivity index (χ0n) is 13.2. The average molecular weight is 310 g/mol. The lowest BCUT2D eigenvalue weighted by Gasteiger charge is -2.06. The van der Waals surface area contributed by atoms with Gasteiger partial charge in [-0.25, -0.2) is 9.59 Å². The van der Waals surface area contributed by atoms with Crippen LogP contribution in [-0.4, -0.2) is 18.5 Å². The lowest BCUT2D eigenvalue weighted by atomic mass is 10.1. The summed E-state index contributed by atoms with van der Waals surface area (Å²) >= 11 is 0. The number of ether oxygens (including phenoxy) is 2. The zero-order valence-corrected chi connectivity index (χ0v) is 13.2. The second-order valence-corrected chi connectivity index (χ2v) is 5.02. The number of rotatable bonds is 5. The predicted octanol–water partition coefficient (Wildman–Crippen LogP) is 3.90. The Labute approximate surface area is 135 Å². The van der Waals surface area contributed by atoms with Gasteiger partial charge in [-0.2, -0.15) is 0 Å². The van der Waals surface area contributed by atoms with Gasteiger partial charge in [0.15, 0.2) is 0 Å². The second kappa shape index (κ2) is 7.40. The van der Waals surface area contributed by atoms with E-state index in [0.717, 1.165) is 16.3 Å². The molecule has 0 aliphatic carbocycles. The molecule has 0 atom stereocenters. The maximum Gasteiger partial charge on any atom is 0.338 e. The highest BCUT2D eigenvalue weighted by Gasteiger charge is 2.06. The van der Waals surface area contributed by atoms with Crippen molar-refractivity contribution >= 4 is 28.8 Å². The zero-order chi connectivity index (χ0) is 16.8. The van der Waals surface area contributed by atoms with Crippen LogP contribution in [0.15, 0.2) is 54.6 Å². The van der Waals surface area contributed by atoms with Gasteiger partial charge < -0.3 is 9.47 Å². The number of carbonyl (C=O) groups is 2. The Hall–Kier alpha value is -2.88. The van der Waals surface area contributed by atoms with Gasteiger partial charge in [-0.05, 0) is 54.5 Å². The molecule has 0 saturated heterocycles. The number of hydrogen-bond donors (Lipinski definition) is 0. The van der Waals surface area contributed by atoms with E-state index in [1.54, 1.807) is 32.1 Å². The number of fused-ring (bicyclic) bond motifs is 1. The Balaban J connectivity index is 2.20. The fraction of sp³-hybridized carbons (Fsp3) is 0.158. The molecule has 0 unspecified atom stereocenters. The molecule has 4 heteroatoms. The van der Waals surface area contributed by atoms with Crippen molar-refractivity contribution in [3.8, 4) is 5.75 Å². The van der Waals surface area contributed by atoms with Gasteiger partial charge in [0.2, 0.25) is 0 Å². The van der Waals surface area contributed by atoms with Crippen molar-refractivity contribution in [3.05, 3.63) is 60.2 Å². The molecule has 0 spiro atoms. The molecular weight excluding hydrogens is 292 g/mol. The fourth-order valence-corrected chi connectivity index (χ4v) is 1.96. The summed E-state index contributed by atoms with van der Waals surface area (Å²) in [4.78, 5) is 22.8. The average Bonchev–Trinajstić information content (AvgIpc) is 2.53. The first-order valence-corrected chi connectivity index (χ1v) is 7.26. The Morgan fingerprint density at radius 3 is 2.52 bits per heavy atom. The van der Waals surface area contributed by atoms with Crippen molar-refractivity contribution in [2.75, 3.05) is 6.61 Å². The van der Waals surface area contributed by atoms with Gasteiger partial charge in [0.25, 0.3) is 0 Å². The first-order valence-electron chi connectivity index (χ1n) is 7.26. The predicted molar refractivity (Wildman–Crippen MR) is 90.1 cm³/mol. The van der Waals surface area contributed by atoms with Crippen molar-refractivity contribution in [1.82, 2.24) is 0 Å². The van der Waals surface area contributed by atoms with E-state index in [4.69, 9.17) is 9.47 Å². The summed E-state index contributed by atoms with van der Waals surface area (Å²) in [5.41, 5.74) is 1.24. The number of carbonyl (C=O) groups excluding carboxylic acids is 2. The van der Waals surface area contributed by atoms with Crippen molar-refractivity contribution < 1.29 is 19.1 Å². The maximum absolute atomic E-state index is 11.5. The van der Waals surface area contributed by atoms with Gasteiger partial charge in [0.1, 0.15) is 5.75 Å². The number of hydrogen-bond acceptors (Lipinski definition) is 4. The van der Waals surface area contributed by atoms with E-state index in [9.17, 15) is 9.59 Å². The van der Waals surface area contributed by atoms with E-state index in [1.807, 2.05) is 24.3 Å². The van der Waals surface area contributed by atoms with Crippen molar-refractivity contribution in [1.29, 1.82) is 0 Å². The third kappa shape index (κ3) is 4.54. The third-order valence-corrected chi connectivity index (χ3v) is 3.09. The Morgan fingerprint density at radius 2 is 1.83 bits per heavy atom. The molecule has 23 heavy (non-hydrogen) atoms. The topological polar surface area (TPSA) is 52.6 Å². The highest BCUT2D eigenvalue weighted by Crippen LogP contribution is 2.23. The molecule has 2 rings (SSSR count). The third-order valence-electron chi connectivity index (χ3n) is 3.09. The monoisotopic (exact) mass is 310 g/mol. The van der Waals surface area contributed by atoms with Gasteiger partial charge in [-0.1, -0.05) is 24.8 Å². The van der Waals surface area contributed by atoms with E-state index in [2.05, 4.69) is 6.58 Å². The van der Waals surface area contributed by atoms with E-state index in [1.165, 1.54) is 6.08 Å². The van der Waals surface area contributed by atoms with Crippen LogP contribution in [0.3, 0.4) is 0 Å². The molecular formula is C19H18O4. The van der Waals surface area contributed by atoms with Crippen molar-refractivity contribution in [3.63, 3.8) is 0 Å². The summed E-state index contributed by atoms with van der Waals surface area (Å²) in [6.07, 6.45) is 3.10. The lowest BCUT2D eigenvalue weighted by Crippen LogP contribution is -2.07. The van der Waals surface area contributed by atoms with Crippen LogP contribution in [0.2, 0.25) is 0 Å². The summed E-state index contributed by atoms with van der Waals surface area (Å²) in [6, 6.07) is 11.1. The molecule has 0 heterocycles. The summed E-state index contributed by atoms with van der Waals surface area (Å²) in [5, 5.41) is 1.91. The van der Waals surface area contributed by atoms with E-state index in [0.29, 0.717) is 17.9 Å². The normalized spacial score (nSPS) is 10.7. The Morgan fingerprint density at radius 1 is 1.13 bits per heavy atom. The molecule has 0 amide bonds. The van der Waals surface area contributed by atoms with Crippen LogP contribution < -0.4 is 4.74 Å².